The molecule has 0 aliphatic heterocycles. The normalized spacial score (nSPS) is 11.1. The van der Waals surface area contributed by atoms with Gasteiger partial charge in [-0.2, -0.15) is 0 Å². The molecule has 2 aromatic carbocycles. The van der Waals surface area contributed by atoms with Crippen LogP contribution < -0.4 is 9.47 Å². The van der Waals surface area contributed by atoms with Gasteiger partial charge >= 0.3 is 11.9 Å². The predicted octanol–water partition coefficient (Wildman–Crippen LogP) is 4.99. The van der Waals surface area contributed by atoms with E-state index in [4.69, 9.17) is 18.9 Å². The smallest absolute Gasteiger partial charge is 0.331 e. The van der Waals surface area contributed by atoms with E-state index in [0.717, 1.165) is 17.2 Å². The number of esters is 2. The van der Waals surface area contributed by atoms with Gasteiger partial charge in [0.2, 0.25) is 0 Å². The number of halogens is 1. The first-order valence-corrected chi connectivity index (χ1v) is 11.3. The van der Waals surface area contributed by atoms with E-state index in [9.17, 15) is 9.59 Å². The highest BCUT2D eigenvalue weighted by Gasteiger charge is 2.23. The molecule has 0 N–H and O–H groups in total. The maximum atomic E-state index is 11.3. The average Bonchev–Trinajstić information content (AvgIpc) is 2.80. The van der Waals surface area contributed by atoms with Crippen LogP contribution in [0.2, 0.25) is 0 Å². The second-order valence-electron chi connectivity index (χ2n) is 7.20. The molecule has 0 fully saturated rings. The lowest BCUT2D eigenvalue weighted by Crippen LogP contribution is -2.19. The number of hydrogen-bond acceptors (Lipinski definition) is 6. The van der Waals surface area contributed by atoms with Gasteiger partial charge in [0.05, 0.1) is 0 Å². The number of ether oxygens (including phenoxy) is 4. The maximum Gasteiger partial charge on any atom is 0.331 e. The summed E-state index contributed by atoms with van der Waals surface area (Å²) in [6.07, 6.45) is 2.48. The molecule has 0 amide bonds. The van der Waals surface area contributed by atoms with Gasteiger partial charge in [0.1, 0.15) is 37.9 Å². The molecule has 170 valence electrons. The summed E-state index contributed by atoms with van der Waals surface area (Å²) in [5.41, 5.74) is 2.04. The molecule has 0 saturated carbocycles. The average molecular weight is 550 g/mol. The van der Waals surface area contributed by atoms with Crippen molar-refractivity contribution < 1.29 is 28.5 Å². The van der Waals surface area contributed by atoms with E-state index in [1.807, 2.05) is 71.1 Å². The van der Waals surface area contributed by atoms with E-state index < -0.39 is 5.97 Å². The van der Waals surface area contributed by atoms with Crippen LogP contribution in [0.4, 0.5) is 0 Å². The van der Waals surface area contributed by atoms with Crippen LogP contribution in [0.3, 0.4) is 0 Å². The zero-order valence-electron chi connectivity index (χ0n) is 18.2. The molecule has 0 unspecified atom stereocenters. The highest BCUT2D eigenvalue weighted by Crippen LogP contribution is 2.33. The SMILES string of the molecule is C=CC(=O)OCCOc1ccc(C(C)(C)c2ccc(OCCOC(=O)/C=C/I)cc2)cc1. The van der Waals surface area contributed by atoms with Gasteiger partial charge in [-0.3, -0.25) is 0 Å². The van der Waals surface area contributed by atoms with Crippen LogP contribution in [0, 0.1) is 0 Å². The van der Waals surface area contributed by atoms with E-state index in [2.05, 4.69) is 20.4 Å². The molecule has 0 radical (unpaired) electrons. The fourth-order valence-corrected chi connectivity index (χ4v) is 3.16. The van der Waals surface area contributed by atoms with Crippen molar-refractivity contribution in [2.24, 2.45) is 0 Å². The van der Waals surface area contributed by atoms with Crippen LogP contribution in [0.1, 0.15) is 25.0 Å². The van der Waals surface area contributed by atoms with Gasteiger partial charge < -0.3 is 18.9 Å². The van der Waals surface area contributed by atoms with Crippen molar-refractivity contribution in [3.05, 3.63) is 82.5 Å². The largest absolute Gasteiger partial charge is 0.490 e. The van der Waals surface area contributed by atoms with Crippen LogP contribution in [-0.2, 0) is 24.5 Å². The zero-order chi connectivity index (χ0) is 23.4. The first-order valence-electron chi connectivity index (χ1n) is 10.1. The summed E-state index contributed by atoms with van der Waals surface area (Å²) in [6, 6.07) is 15.7. The van der Waals surface area contributed by atoms with E-state index in [0.29, 0.717) is 11.5 Å². The quantitative estimate of drug-likeness (QED) is 0.161. The minimum atomic E-state index is -0.463. The van der Waals surface area contributed by atoms with Crippen LogP contribution in [0.15, 0.2) is 71.3 Å². The van der Waals surface area contributed by atoms with Gasteiger partial charge in [-0.05, 0) is 39.5 Å². The Morgan fingerprint density at radius 1 is 0.812 bits per heavy atom. The van der Waals surface area contributed by atoms with Crippen LogP contribution in [-0.4, -0.2) is 38.4 Å². The lowest BCUT2D eigenvalue weighted by atomic mass is 9.78. The lowest BCUT2D eigenvalue weighted by Gasteiger charge is -2.26. The molecule has 6 nitrogen and oxygen atoms in total. The maximum absolute atomic E-state index is 11.3. The Kier molecular flexibility index (Phi) is 10.3. The molecular formula is C25H27IO6. The number of rotatable bonds is 12. The fraction of sp³-hybridized carbons (Fsp3) is 0.280. The molecule has 2 rings (SSSR count). The second kappa shape index (κ2) is 12.9. The van der Waals surface area contributed by atoms with Crippen LogP contribution >= 0.6 is 22.6 Å². The van der Waals surface area contributed by atoms with E-state index >= 15 is 0 Å². The molecule has 7 heteroatoms. The standard InChI is InChI=1S/C25H27IO6/c1-4-23(27)31-17-15-29-21-9-5-19(6-10-21)25(2,3)20-7-11-22(12-8-20)30-16-18-32-24(28)13-14-26/h4-14H,1,15-18H2,2-3H3/b14-13+. The highest BCUT2D eigenvalue weighted by molar-refractivity contribution is 14.1. The molecule has 32 heavy (non-hydrogen) atoms. The van der Waals surface area contributed by atoms with Gasteiger partial charge in [-0.25, -0.2) is 9.59 Å². The molecule has 0 spiro atoms. The molecule has 0 aliphatic rings. The molecule has 0 saturated heterocycles. The van der Waals surface area contributed by atoms with Crippen molar-refractivity contribution in [1.82, 2.24) is 0 Å². The van der Waals surface area contributed by atoms with Crippen LogP contribution in [0.5, 0.6) is 11.5 Å². The third kappa shape index (κ3) is 8.03. The number of carbonyl (C=O) groups is 2. The highest BCUT2D eigenvalue weighted by atomic mass is 127. The monoisotopic (exact) mass is 550 g/mol. The van der Waals surface area contributed by atoms with Crippen molar-refractivity contribution in [2.75, 3.05) is 26.4 Å². The Morgan fingerprint density at radius 3 is 1.66 bits per heavy atom. The first kappa shape index (κ1) is 25.5. The van der Waals surface area contributed by atoms with Crippen molar-refractivity contribution in [3.8, 4) is 11.5 Å². The van der Waals surface area contributed by atoms with E-state index in [-0.39, 0.29) is 37.8 Å². The van der Waals surface area contributed by atoms with Crippen molar-refractivity contribution in [3.63, 3.8) is 0 Å². The molecule has 0 aliphatic carbocycles. The summed E-state index contributed by atoms with van der Waals surface area (Å²) in [5.74, 6) is 0.575. The minimum absolute atomic E-state index is 0.171. The van der Waals surface area contributed by atoms with Crippen molar-refractivity contribution in [2.45, 2.75) is 19.3 Å². The Morgan fingerprint density at radius 2 is 1.25 bits per heavy atom. The number of hydrogen-bond donors (Lipinski definition) is 0. The molecule has 2 aromatic rings. The van der Waals surface area contributed by atoms with Gasteiger partial charge in [-0.1, -0.05) is 67.3 Å². The van der Waals surface area contributed by atoms with E-state index in [1.165, 1.54) is 6.08 Å². The Labute approximate surface area is 202 Å². The summed E-state index contributed by atoms with van der Waals surface area (Å²) in [5, 5.41) is 0. The number of carbonyl (C=O) groups excluding carboxylic acids is 2. The zero-order valence-corrected chi connectivity index (χ0v) is 20.4. The molecule has 0 heterocycles. The minimum Gasteiger partial charge on any atom is -0.490 e. The topological polar surface area (TPSA) is 71.1 Å². The Hall–Kier alpha value is -2.81. The molecule has 0 aromatic heterocycles. The van der Waals surface area contributed by atoms with E-state index in [1.54, 1.807) is 4.08 Å². The predicted molar refractivity (Wildman–Crippen MR) is 131 cm³/mol. The third-order valence-electron chi connectivity index (χ3n) is 4.71. The second-order valence-corrected chi connectivity index (χ2v) is 7.92. The van der Waals surface area contributed by atoms with Crippen LogP contribution in [0.25, 0.3) is 0 Å². The Bertz CT molecular complexity index is 916. The van der Waals surface area contributed by atoms with Gasteiger partial charge in [0.15, 0.2) is 0 Å². The third-order valence-corrected chi connectivity index (χ3v) is 5.07. The summed E-state index contributed by atoms with van der Waals surface area (Å²) >= 11 is 1.96. The lowest BCUT2D eigenvalue weighted by molar-refractivity contribution is -0.139. The summed E-state index contributed by atoms with van der Waals surface area (Å²) < 4.78 is 22.7. The van der Waals surface area contributed by atoms with Gasteiger partial charge in [-0.15, -0.1) is 0 Å². The molecular weight excluding hydrogens is 523 g/mol. The van der Waals surface area contributed by atoms with Crippen molar-refractivity contribution in [1.29, 1.82) is 0 Å². The molecule has 0 bridgehead atoms. The summed E-state index contributed by atoms with van der Waals surface area (Å²) in [7, 11) is 0. The molecule has 0 atom stereocenters. The fourth-order valence-electron chi connectivity index (χ4n) is 2.86. The van der Waals surface area contributed by atoms with Gasteiger partial charge in [0, 0.05) is 17.6 Å². The first-order chi connectivity index (χ1) is 15.4. The Balaban J connectivity index is 1.88. The summed E-state index contributed by atoms with van der Waals surface area (Å²) in [4.78, 5) is 22.3. The van der Waals surface area contributed by atoms with Crippen molar-refractivity contribution >= 4 is 34.5 Å². The number of benzene rings is 2. The van der Waals surface area contributed by atoms with Gasteiger partial charge in [0.25, 0.3) is 0 Å². The summed E-state index contributed by atoms with van der Waals surface area (Å²) in [6.45, 7) is 8.57.